The Morgan fingerprint density at radius 2 is 1.83 bits per heavy atom. The molecule has 0 unspecified atom stereocenters. The Morgan fingerprint density at radius 3 is 2.53 bits per heavy atom. The van der Waals surface area contributed by atoms with Gasteiger partial charge in [-0.1, -0.05) is 12.1 Å². The number of allylic oxidation sites excluding steroid dienone is 1. The standard InChI is InChI=1S/C23H14O7/c24-19-11-16(12-3-5-13(6-4-12)23(26)27)20-17(29-19)8-7-15-21(25)18(30-22(15)20)10-14-2-1-9-28-14/h1-10,16H,11H2,(H,26,27)/b18-10-/t16-/m0/s1. The summed E-state index contributed by atoms with van der Waals surface area (Å²) in [6.07, 6.45) is 3.06. The number of hydrogen-bond acceptors (Lipinski definition) is 6. The SMILES string of the molecule is O=C1C[C@@H](c2ccc(C(=O)O)cc2)c2c(ccc3c2O/C(=C\c2ccco2)C3=O)O1. The van der Waals surface area contributed by atoms with Crippen molar-refractivity contribution in [1.29, 1.82) is 0 Å². The van der Waals surface area contributed by atoms with Crippen LogP contribution in [0.4, 0.5) is 0 Å². The molecule has 30 heavy (non-hydrogen) atoms. The first-order valence-corrected chi connectivity index (χ1v) is 9.20. The van der Waals surface area contributed by atoms with Crippen LogP contribution in [0.1, 0.15) is 49.9 Å². The summed E-state index contributed by atoms with van der Waals surface area (Å²) < 4.78 is 16.6. The summed E-state index contributed by atoms with van der Waals surface area (Å²) in [6.45, 7) is 0. The minimum absolute atomic E-state index is 0.0463. The van der Waals surface area contributed by atoms with Crippen LogP contribution in [-0.4, -0.2) is 22.8 Å². The van der Waals surface area contributed by atoms with E-state index in [-0.39, 0.29) is 23.5 Å². The van der Waals surface area contributed by atoms with Crippen LogP contribution in [0.5, 0.6) is 11.5 Å². The van der Waals surface area contributed by atoms with Crippen LogP contribution in [0.2, 0.25) is 0 Å². The van der Waals surface area contributed by atoms with Crippen molar-refractivity contribution in [1.82, 2.24) is 0 Å². The van der Waals surface area contributed by atoms with E-state index < -0.39 is 17.9 Å². The van der Waals surface area contributed by atoms with Crippen molar-refractivity contribution in [2.75, 3.05) is 0 Å². The molecule has 0 amide bonds. The summed E-state index contributed by atoms with van der Waals surface area (Å²) in [4.78, 5) is 36.2. The number of hydrogen-bond donors (Lipinski definition) is 1. The molecule has 5 rings (SSSR count). The average molecular weight is 402 g/mol. The van der Waals surface area contributed by atoms with Crippen LogP contribution in [0, 0.1) is 0 Å². The number of furan rings is 1. The number of Topliss-reactive ketones (excluding diaryl/α,β-unsaturated/α-hetero) is 1. The summed E-state index contributed by atoms with van der Waals surface area (Å²) in [5, 5.41) is 9.13. The van der Waals surface area contributed by atoms with Crippen molar-refractivity contribution in [3.8, 4) is 11.5 Å². The molecule has 0 spiro atoms. The summed E-state index contributed by atoms with van der Waals surface area (Å²) in [5.74, 6) is -0.911. The predicted molar refractivity (Wildman–Crippen MR) is 104 cm³/mol. The molecule has 2 aliphatic heterocycles. The molecule has 0 aliphatic carbocycles. The zero-order valence-corrected chi connectivity index (χ0v) is 15.5. The number of benzene rings is 2. The smallest absolute Gasteiger partial charge is 0.335 e. The highest BCUT2D eigenvalue weighted by Crippen LogP contribution is 2.48. The van der Waals surface area contributed by atoms with Crippen LogP contribution < -0.4 is 9.47 Å². The van der Waals surface area contributed by atoms with Gasteiger partial charge in [0.1, 0.15) is 17.3 Å². The Labute approximate surface area is 170 Å². The number of carboxylic acids is 1. The lowest BCUT2D eigenvalue weighted by Crippen LogP contribution is -2.21. The summed E-state index contributed by atoms with van der Waals surface area (Å²) in [7, 11) is 0. The fourth-order valence-corrected chi connectivity index (χ4v) is 3.75. The molecule has 7 heteroatoms. The van der Waals surface area contributed by atoms with Gasteiger partial charge >= 0.3 is 11.9 Å². The molecule has 1 atom stereocenters. The number of ether oxygens (including phenoxy) is 2. The number of fused-ring (bicyclic) bond motifs is 3. The van der Waals surface area contributed by atoms with E-state index in [2.05, 4.69) is 0 Å². The van der Waals surface area contributed by atoms with Crippen molar-refractivity contribution in [3.63, 3.8) is 0 Å². The number of aromatic carboxylic acids is 1. The maximum atomic E-state index is 12.8. The molecule has 1 aromatic heterocycles. The van der Waals surface area contributed by atoms with E-state index in [1.165, 1.54) is 24.5 Å². The van der Waals surface area contributed by atoms with E-state index in [0.29, 0.717) is 28.4 Å². The third kappa shape index (κ3) is 2.88. The van der Waals surface area contributed by atoms with Crippen molar-refractivity contribution in [2.45, 2.75) is 12.3 Å². The predicted octanol–water partition coefficient (Wildman–Crippen LogP) is 4.04. The molecule has 7 nitrogen and oxygen atoms in total. The Balaban J connectivity index is 1.61. The van der Waals surface area contributed by atoms with Gasteiger partial charge < -0.3 is 19.0 Å². The Bertz CT molecular complexity index is 1220. The van der Waals surface area contributed by atoms with Crippen LogP contribution in [0.15, 0.2) is 65.0 Å². The minimum atomic E-state index is -1.03. The molecular weight excluding hydrogens is 388 g/mol. The molecule has 0 bridgehead atoms. The largest absolute Gasteiger partial charge is 0.478 e. The number of esters is 1. The van der Waals surface area contributed by atoms with Crippen LogP contribution in [0.3, 0.4) is 0 Å². The zero-order chi connectivity index (χ0) is 20.8. The second-order valence-corrected chi connectivity index (χ2v) is 6.97. The monoisotopic (exact) mass is 402 g/mol. The first kappa shape index (κ1) is 17.9. The molecule has 2 aliphatic rings. The van der Waals surface area contributed by atoms with Crippen molar-refractivity contribution < 1.29 is 33.4 Å². The van der Waals surface area contributed by atoms with E-state index in [9.17, 15) is 14.4 Å². The van der Waals surface area contributed by atoms with Crippen LogP contribution in [-0.2, 0) is 4.79 Å². The van der Waals surface area contributed by atoms with Crippen LogP contribution in [0.25, 0.3) is 6.08 Å². The van der Waals surface area contributed by atoms with Gasteiger partial charge in [-0.05, 0) is 42.0 Å². The van der Waals surface area contributed by atoms with Gasteiger partial charge in [-0.2, -0.15) is 0 Å². The van der Waals surface area contributed by atoms with Gasteiger partial charge in [-0.25, -0.2) is 4.79 Å². The number of carbonyl (C=O) groups excluding carboxylic acids is 2. The van der Waals surface area contributed by atoms with E-state index in [1.807, 2.05) is 0 Å². The zero-order valence-electron chi connectivity index (χ0n) is 15.5. The van der Waals surface area contributed by atoms with Gasteiger partial charge in [0.05, 0.1) is 23.8 Å². The van der Waals surface area contributed by atoms with Gasteiger partial charge in [-0.15, -0.1) is 0 Å². The Kier molecular flexibility index (Phi) is 4.03. The molecule has 2 aromatic carbocycles. The summed E-state index contributed by atoms with van der Waals surface area (Å²) in [6, 6.07) is 12.8. The molecule has 1 N–H and O–H groups in total. The average Bonchev–Trinajstić information content (AvgIpc) is 3.36. The fraction of sp³-hybridized carbons (Fsp3) is 0.0870. The lowest BCUT2D eigenvalue weighted by Gasteiger charge is -2.26. The molecule has 0 saturated heterocycles. The normalized spacial score (nSPS) is 18.5. The number of carboxylic acid groups (broad SMARTS) is 1. The van der Waals surface area contributed by atoms with Gasteiger partial charge in [0.2, 0.25) is 5.78 Å². The second-order valence-electron chi connectivity index (χ2n) is 6.97. The van der Waals surface area contributed by atoms with Crippen molar-refractivity contribution in [2.24, 2.45) is 0 Å². The third-order valence-electron chi connectivity index (χ3n) is 5.16. The van der Waals surface area contributed by atoms with Gasteiger partial charge in [0.15, 0.2) is 5.76 Å². The van der Waals surface area contributed by atoms with E-state index in [4.69, 9.17) is 19.0 Å². The second kappa shape index (κ2) is 6.73. The lowest BCUT2D eigenvalue weighted by atomic mass is 9.84. The lowest BCUT2D eigenvalue weighted by molar-refractivity contribution is -0.135. The Morgan fingerprint density at radius 1 is 1.03 bits per heavy atom. The molecule has 0 fully saturated rings. The third-order valence-corrected chi connectivity index (χ3v) is 5.16. The van der Waals surface area contributed by atoms with E-state index >= 15 is 0 Å². The van der Waals surface area contributed by atoms with Gasteiger partial charge in [0.25, 0.3) is 0 Å². The molecular formula is C23H14O7. The number of ketones is 1. The molecule has 0 radical (unpaired) electrons. The maximum Gasteiger partial charge on any atom is 0.335 e. The van der Waals surface area contributed by atoms with Gasteiger partial charge in [-0.3, -0.25) is 9.59 Å². The first-order chi connectivity index (χ1) is 14.5. The first-order valence-electron chi connectivity index (χ1n) is 9.20. The highest BCUT2D eigenvalue weighted by atomic mass is 16.5. The maximum absolute atomic E-state index is 12.8. The topological polar surface area (TPSA) is 103 Å². The van der Waals surface area contributed by atoms with E-state index in [0.717, 1.165) is 5.56 Å². The van der Waals surface area contributed by atoms with Gasteiger partial charge in [0, 0.05) is 17.6 Å². The minimum Gasteiger partial charge on any atom is -0.478 e. The molecule has 0 saturated carbocycles. The van der Waals surface area contributed by atoms with E-state index in [1.54, 1.807) is 36.4 Å². The summed E-state index contributed by atoms with van der Waals surface area (Å²) in [5.41, 5.74) is 1.83. The highest BCUT2D eigenvalue weighted by molar-refractivity contribution is 6.15. The number of carbonyl (C=O) groups is 3. The molecule has 148 valence electrons. The fourth-order valence-electron chi connectivity index (χ4n) is 3.75. The van der Waals surface area contributed by atoms with Crippen molar-refractivity contribution in [3.05, 3.63) is 88.6 Å². The molecule has 3 heterocycles. The Hall–Kier alpha value is -4.13. The highest BCUT2D eigenvalue weighted by Gasteiger charge is 2.38. The van der Waals surface area contributed by atoms with Crippen molar-refractivity contribution >= 4 is 23.8 Å². The molecule has 3 aromatic rings. The summed E-state index contributed by atoms with van der Waals surface area (Å²) >= 11 is 0. The quantitative estimate of drug-likeness (QED) is 0.401. The van der Waals surface area contributed by atoms with Crippen LogP contribution >= 0.6 is 0 Å². The number of rotatable bonds is 3.